The number of aromatic nitrogens is 1. The molecule has 0 aromatic carbocycles. The standard InChI is InChI=1S/C17H21N3O3S2/c1-11-8-15(19-23-11)18-17(22)12(2)25-10-16(21)20(13-5-6-13)9-14-4-3-7-24-14/h3-4,7-8,12-13H,5-6,9-10H2,1-2H3,(H,18,19,22). The molecule has 1 fully saturated rings. The first-order chi connectivity index (χ1) is 12.0. The average Bonchev–Trinajstić information content (AvgIpc) is 3.14. The summed E-state index contributed by atoms with van der Waals surface area (Å²) in [5.74, 6) is 1.26. The summed E-state index contributed by atoms with van der Waals surface area (Å²) in [5.41, 5.74) is 0. The Balaban J connectivity index is 1.48. The monoisotopic (exact) mass is 379 g/mol. The van der Waals surface area contributed by atoms with E-state index in [1.54, 1.807) is 31.3 Å². The van der Waals surface area contributed by atoms with Gasteiger partial charge in [0.05, 0.1) is 17.5 Å². The smallest absolute Gasteiger partial charge is 0.238 e. The lowest BCUT2D eigenvalue weighted by atomic mass is 10.4. The van der Waals surface area contributed by atoms with Gasteiger partial charge in [0.15, 0.2) is 5.82 Å². The van der Waals surface area contributed by atoms with Crippen LogP contribution >= 0.6 is 23.1 Å². The summed E-state index contributed by atoms with van der Waals surface area (Å²) in [5, 5.41) is 8.13. The molecular formula is C17H21N3O3S2. The number of amides is 2. The highest BCUT2D eigenvalue weighted by Gasteiger charge is 2.33. The van der Waals surface area contributed by atoms with E-state index in [1.165, 1.54) is 16.6 Å². The van der Waals surface area contributed by atoms with Gasteiger partial charge in [0.2, 0.25) is 11.8 Å². The van der Waals surface area contributed by atoms with Gasteiger partial charge < -0.3 is 14.7 Å². The highest BCUT2D eigenvalue weighted by molar-refractivity contribution is 8.01. The van der Waals surface area contributed by atoms with E-state index in [-0.39, 0.29) is 17.1 Å². The molecular weight excluding hydrogens is 358 g/mol. The number of hydrogen-bond donors (Lipinski definition) is 1. The van der Waals surface area contributed by atoms with Crippen molar-refractivity contribution < 1.29 is 14.1 Å². The van der Waals surface area contributed by atoms with E-state index in [2.05, 4.69) is 16.5 Å². The lowest BCUT2D eigenvalue weighted by Crippen LogP contribution is -2.34. The Morgan fingerprint density at radius 2 is 2.32 bits per heavy atom. The zero-order valence-electron chi connectivity index (χ0n) is 14.2. The Bertz CT molecular complexity index is 725. The number of carbonyl (C=O) groups excluding carboxylic acids is 2. The Morgan fingerprint density at radius 1 is 1.52 bits per heavy atom. The number of anilines is 1. The zero-order chi connectivity index (χ0) is 17.8. The molecule has 2 aromatic heterocycles. The number of nitrogens with one attached hydrogen (secondary N) is 1. The summed E-state index contributed by atoms with van der Waals surface area (Å²) in [7, 11) is 0. The molecule has 1 saturated carbocycles. The molecule has 1 aliphatic carbocycles. The molecule has 0 spiro atoms. The van der Waals surface area contributed by atoms with Gasteiger partial charge in [-0.15, -0.1) is 23.1 Å². The van der Waals surface area contributed by atoms with Crippen LogP contribution in [0.15, 0.2) is 28.1 Å². The van der Waals surface area contributed by atoms with E-state index in [1.807, 2.05) is 16.3 Å². The van der Waals surface area contributed by atoms with Gasteiger partial charge in [0.25, 0.3) is 0 Å². The summed E-state index contributed by atoms with van der Waals surface area (Å²) < 4.78 is 4.93. The van der Waals surface area contributed by atoms with Crippen LogP contribution in [0.2, 0.25) is 0 Å². The van der Waals surface area contributed by atoms with Crippen molar-refractivity contribution in [1.82, 2.24) is 10.1 Å². The van der Waals surface area contributed by atoms with Crippen molar-refractivity contribution >= 4 is 40.7 Å². The predicted molar refractivity (Wildman–Crippen MR) is 99.7 cm³/mol. The van der Waals surface area contributed by atoms with Crippen LogP contribution in [-0.2, 0) is 16.1 Å². The number of thiophene rings is 1. The fraction of sp³-hybridized carbons (Fsp3) is 0.471. The van der Waals surface area contributed by atoms with Crippen LogP contribution in [0.5, 0.6) is 0 Å². The van der Waals surface area contributed by atoms with Gasteiger partial charge in [0.1, 0.15) is 5.76 Å². The lowest BCUT2D eigenvalue weighted by molar-refractivity contribution is -0.129. The summed E-state index contributed by atoms with van der Waals surface area (Å²) >= 11 is 3.01. The van der Waals surface area contributed by atoms with Crippen molar-refractivity contribution in [3.8, 4) is 0 Å². The Hall–Kier alpha value is -1.80. The van der Waals surface area contributed by atoms with Crippen LogP contribution in [0.25, 0.3) is 0 Å². The van der Waals surface area contributed by atoms with Crippen LogP contribution in [0.1, 0.15) is 30.4 Å². The SMILES string of the molecule is Cc1cc(NC(=O)C(C)SCC(=O)N(Cc2cccs2)C2CC2)no1. The molecule has 2 aromatic rings. The van der Waals surface area contributed by atoms with Crippen LogP contribution in [0, 0.1) is 6.92 Å². The first-order valence-electron chi connectivity index (χ1n) is 8.20. The van der Waals surface area contributed by atoms with Gasteiger partial charge in [-0.1, -0.05) is 11.2 Å². The predicted octanol–water partition coefficient (Wildman–Crippen LogP) is 3.30. The van der Waals surface area contributed by atoms with Crippen LogP contribution in [0.3, 0.4) is 0 Å². The quantitative estimate of drug-likeness (QED) is 0.762. The molecule has 2 amide bonds. The highest BCUT2D eigenvalue weighted by Crippen LogP contribution is 2.30. The van der Waals surface area contributed by atoms with E-state index in [4.69, 9.17) is 4.52 Å². The summed E-state index contributed by atoms with van der Waals surface area (Å²) in [6.45, 7) is 4.22. The van der Waals surface area contributed by atoms with Gasteiger partial charge in [-0.05, 0) is 38.1 Å². The van der Waals surface area contributed by atoms with Crippen LogP contribution in [0.4, 0.5) is 5.82 Å². The minimum atomic E-state index is -0.344. The van der Waals surface area contributed by atoms with Gasteiger partial charge in [-0.3, -0.25) is 9.59 Å². The van der Waals surface area contributed by atoms with Crippen molar-refractivity contribution in [2.24, 2.45) is 0 Å². The van der Waals surface area contributed by atoms with Crippen molar-refractivity contribution in [2.45, 2.75) is 44.5 Å². The first kappa shape index (κ1) is 18.0. The molecule has 8 heteroatoms. The van der Waals surface area contributed by atoms with Crippen molar-refractivity contribution in [2.75, 3.05) is 11.1 Å². The van der Waals surface area contributed by atoms with Crippen molar-refractivity contribution in [3.05, 3.63) is 34.2 Å². The third kappa shape index (κ3) is 5.09. The molecule has 0 aliphatic heterocycles. The van der Waals surface area contributed by atoms with Gasteiger partial charge in [-0.25, -0.2) is 0 Å². The second-order valence-corrected chi connectivity index (χ2v) is 8.46. The number of nitrogens with zero attached hydrogens (tertiary/aromatic N) is 2. The second-order valence-electron chi connectivity index (χ2n) is 6.10. The maximum Gasteiger partial charge on any atom is 0.238 e. The molecule has 1 aliphatic rings. The maximum atomic E-state index is 12.6. The topological polar surface area (TPSA) is 75.4 Å². The average molecular weight is 380 g/mol. The normalized spacial score (nSPS) is 15.0. The fourth-order valence-corrected chi connectivity index (χ4v) is 3.86. The summed E-state index contributed by atoms with van der Waals surface area (Å²) in [4.78, 5) is 27.9. The maximum absolute atomic E-state index is 12.6. The number of carbonyl (C=O) groups is 2. The van der Waals surface area contributed by atoms with Crippen LogP contribution in [-0.4, -0.2) is 38.9 Å². The summed E-state index contributed by atoms with van der Waals surface area (Å²) in [6, 6.07) is 6.08. The van der Waals surface area contributed by atoms with Crippen molar-refractivity contribution in [3.63, 3.8) is 0 Å². The molecule has 6 nitrogen and oxygen atoms in total. The number of rotatable bonds is 8. The van der Waals surface area contributed by atoms with E-state index < -0.39 is 0 Å². The molecule has 2 heterocycles. The van der Waals surface area contributed by atoms with Gasteiger partial charge >= 0.3 is 0 Å². The number of hydrogen-bond acceptors (Lipinski definition) is 6. The first-order valence-corrected chi connectivity index (χ1v) is 10.1. The lowest BCUT2D eigenvalue weighted by Gasteiger charge is -2.22. The zero-order valence-corrected chi connectivity index (χ0v) is 15.9. The molecule has 3 rings (SSSR count). The Kier molecular flexibility index (Phi) is 5.80. The van der Waals surface area contributed by atoms with E-state index in [0.29, 0.717) is 29.9 Å². The van der Waals surface area contributed by atoms with Gasteiger partial charge in [0, 0.05) is 17.0 Å². The molecule has 0 bridgehead atoms. The van der Waals surface area contributed by atoms with E-state index in [9.17, 15) is 9.59 Å². The molecule has 1 atom stereocenters. The molecule has 134 valence electrons. The number of thioether (sulfide) groups is 1. The molecule has 0 radical (unpaired) electrons. The molecule has 1 unspecified atom stereocenters. The molecule has 1 N–H and O–H groups in total. The Labute approximate surface area is 154 Å². The van der Waals surface area contributed by atoms with Crippen molar-refractivity contribution in [1.29, 1.82) is 0 Å². The largest absolute Gasteiger partial charge is 0.360 e. The van der Waals surface area contributed by atoms with Crippen LogP contribution < -0.4 is 5.32 Å². The second kappa shape index (κ2) is 8.05. The van der Waals surface area contributed by atoms with Gasteiger partial charge in [-0.2, -0.15) is 0 Å². The number of aryl methyl sites for hydroxylation is 1. The third-order valence-corrected chi connectivity index (χ3v) is 5.91. The Morgan fingerprint density at radius 3 is 2.92 bits per heavy atom. The fourth-order valence-electron chi connectivity index (χ4n) is 2.39. The molecule has 0 saturated heterocycles. The minimum Gasteiger partial charge on any atom is -0.360 e. The highest BCUT2D eigenvalue weighted by atomic mass is 32.2. The minimum absolute atomic E-state index is 0.0952. The van der Waals surface area contributed by atoms with E-state index >= 15 is 0 Å². The van der Waals surface area contributed by atoms with E-state index in [0.717, 1.165) is 12.8 Å². The molecule has 25 heavy (non-hydrogen) atoms. The third-order valence-electron chi connectivity index (χ3n) is 3.92. The summed E-state index contributed by atoms with van der Waals surface area (Å²) in [6.07, 6.45) is 2.15.